The molecule has 108 valence electrons. The first-order chi connectivity index (χ1) is 10.6. The summed E-state index contributed by atoms with van der Waals surface area (Å²) < 4.78 is 15.3. The van der Waals surface area contributed by atoms with E-state index in [0.717, 1.165) is 15.4 Å². The molecule has 22 heavy (non-hydrogen) atoms. The number of hydrogen-bond donors (Lipinski definition) is 1. The van der Waals surface area contributed by atoms with Crippen LogP contribution >= 0.6 is 15.9 Å². The van der Waals surface area contributed by atoms with Crippen molar-refractivity contribution in [1.29, 1.82) is 0 Å². The summed E-state index contributed by atoms with van der Waals surface area (Å²) >= 11 is 3.43. The summed E-state index contributed by atoms with van der Waals surface area (Å²) in [4.78, 5) is 16.8. The van der Waals surface area contributed by atoms with E-state index in [4.69, 9.17) is 0 Å². The van der Waals surface area contributed by atoms with Gasteiger partial charge in [-0.2, -0.15) is 0 Å². The van der Waals surface area contributed by atoms with E-state index in [1.807, 2.05) is 18.2 Å². The molecular weight excluding hydrogens is 349 g/mol. The van der Waals surface area contributed by atoms with Gasteiger partial charge in [0.05, 0.1) is 22.1 Å². The molecule has 0 bridgehead atoms. The number of fused-ring (bicyclic) bond motifs is 3. The van der Waals surface area contributed by atoms with Crippen molar-refractivity contribution in [3.63, 3.8) is 0 Å². The highest BCUT2D eigenvalue weighted by atomic mass is 79.9. The second-order valence-corrected chi connectivity index (χ2v) is 5.85. The maximum absolute atomic E-state index is 13.0. The summed E-state index contributed by atoms with van der Waals surface area (Å²) in [5.74, 6) is -0.344. The fourth-order valence-electron chi connectivity index (χ4n) is 2.50. The molecule has 0 radical (unpaired) electrons. The van der Waals surface area contributed by atoms with Crippen LogP contribution in [0.3, 0.4) is 0 Å². The second-order valence-electron chi connectivity index (χ2n) is 4.94. The zero-order valence-corrected chi connectivity index (χ0v) is 12.8. The lowest BCUT2D eigenvalue weighted by atomic mass is 10.2. The number of benzene rings is 2. The third-order valence-corrected chi connectivity index (χ3v) is 4.07. The van der Waals surface area contributed by atoms with E-state index in [1.54, 1.807) is 18.3 Å². The number of hydrogen-bond acceptors (Lipinski definition) is 2. The van der Waals surface area contributed by atoms with Crippen LogP contribution in [0.1, 0.15) is 0 Å². The number of halogens is 2. The molecule has 0 fully saturated rings. The van der Waals surface area contributed by atoms with E-state index in [1.165, 1.54) is 16.8 Å². The highest BCUT2D eigenvalue weighted by Crippen LogP contribution is 2.24. The number of rotatable bonds is 1. The van der Waals surface area contributed by atoms with E-state index < -0.39 is 0 Å². The number of aromatic amines is 1. The van der Waals surface area contributed by atoms with Crippen LogP contribution < -0.4 is 5.56 Å². The molecule has 0 aliphatic heterocycles. The van der Waals surface area contributed by atoms with Crippen molar-refractivity contribution in [2.75, 3.05) is 0 Å². The van der Waals surface area contributed by atoms with E-state index in [0.29, 0.717) is 16.6 Å². The summed E-state index contributed by atoms with van der Waals surface area (Å²) in [6.45, 7) is 0. The minimum absolute atomic E-state index is 0.212. The fourth-order valence-corrected chi connectivity index (χ4v) is 2.86. The molecule has 6 heteroatoms. The van der Waals surface area contributed by atoms with E-state index in [-0.39, 0.29) is 11.4 Å². The van der Waals surface area contributed by atoms with Gasteiger partial charge in [-0.05, 0) is 42.5 Å². The smallest absolute Gasteiger partial charge is 0.280 e. The number of aromatic nitrogens is 3. The zero-order valence-electron chi connectivity index (χ0n) is 11.2. The molecule has 0 saturated heterocycles. The Hall–Kier alpha value is -2.47. The maximum atomic E-state index is 13.0. The third-order valence-electron chi connectivity index (χ3n) is 3.57. The van der Waals surface area contributed by atoms with Gasteiger partial charge in [0, 0.05) is 16.1 Å². The van der Waals surface area contributed by atoms with Gasteiger partial charge in [0.25, 0.3) is 5.56 Å². The van der Waals surface area contributed by atoms with Crippen LogP contribution in [0.5, 0.6) is 0 Å². The molecule has 4 aromatic rings. The first kappa shape index (κ1) is 13.2. The Morgan fingerprint density at radius 3 is 2.64 bits per heavy atom. The van der Waals surface area contributed by atoms with Crippen LogP contribution in [0.25, 0.3) is 27.5 Å². The lowest BCUT2D eigenvalue weighted by molar-refractivity contribution is 0.627. The van der Waals surface area contributed by atoms with Crippen LogP contribution in [0.2, 0.25) is 0 Å². The third kappa shape index (κ3) is 1.95. The van der Waals surface area contributed by atoms with Gasteiger partial charge in [-0.3, -0.25) is 14.9 Å². The van der Waals surface area contributed by atoms with Crippen molar-refractivity contribution < 1.29 is 4.39 Å². The van der Waals surface area contributed by atoms with Gasteiger partial charge in [-0.1, -0.05) is 15.9 Å². The SMILES string of the molecule is O=c1c2cnc3ccc(Br)cc3c2[nH]n1-c1ccc(F)cc1. The molecule has 0 aliphatic rings. The highest BCUT2D eigenvalue weighted by Gasteiger charge is 2.12. The molecular formula is C16H9BrFN3O. The lowest BCUT2D eigenvalue weighted by Gasteiger charge is -2.01. The van der Waals surface area contributed by atoms with Crippen molar-refractivity contribution in [1.82, 2.24) is 14.8 Å². The Morgan fingerprint density at radius 2 is 1.86 bits per heavy atom. The number of H-pyrrole nitrogens is 1. The maximum Gasteiger partial charge on any atom is 0.280 e. The molecule has 0 aliphatic carbocycles. The van der Waals surface area contributed by atoms with Gasteiger partial charge in [0.1, 0.15) is 5.82 Å². The second kappa shape index (κ2) is 4.78. The van der Waals surface area contributed by atoms with Crippen LogP contribution in [0.15, 0.2) is 57.9 Å². The van der Waals surface area contributed by atoms with E-state index in [2.05, 4.69) is 26.0 Å². The standard InChI is InChI=1S/C16H9BrFN3O/c17-9-1-6-14-12(7-9)15-13(8-19-14)16(22)21(20-15)11-4-2-10(18)3-5-11/h1-8,20H. The Bertz CT molecular complexity index is 1070. The first-order valence-corrected chi connectivity index (χ1v) is 7.38. The minimum atomic E-state index is -0.344. The summed E-state index contributed by atoms with van der Waals surface area (Å²) in [7, 11) is 0. The summed E-state index contributed by atoms with van der Waals surface area (Å²) in [6.07, 6.45) is 1.56. The summed E-state index contributed by atoms with van der Waals surface area (Å²) in [6, 6.07) is 11.4. The molecule has 2 aromatic heterocycles. The van der Waals surface area contributed by atoms with Crippen LogP contribution in [-0.2, 0) is 0 Å². The molecule has 4 rings (SSSR count). The van der Waals surface area contributed by atoms with Gasteiger partial charge in [0.15, 0.2) is 0 Å². The molecule has 0 spiro atoms. The minimum Gasteiger partial charge on any atom is -0.290 e. The van der Waals surface area contributed by atoms with Crippen LogP contribution in [0, 0.1) is 5.82 Å². The zero-order chi connectivity index (χ0) is 15.3. The Kier molecular flexibility index (Phi) is 2.87. The predicted molar refractivity (Wildman–Crippen MR) is 86.9 cm³/mol. The van der Waals surface area contributed by atoms with Gasteiger partial charge in [0.2, 0.25) is 0 Å². The summed E-state index contributed by atoms with van der Waals surface area (Å²) in [5, 5.41) is 4.44. The Morgan fingerprint density at radius 1 is 1.09 bits per heavy atom. The largest absolute Gasteiger partial charge is 0.290 e. The molecule has 0 unspecified atom stereocenters. The Labute approximate surface area is 132 Å². The quantitative estimate of drug-likeness (QED) is 0.563. The molecule has 0 amide bonds. The van der Waals surface area contributed by atoms with Gasteiger partial charge in [-0.15, -0.1) is 0 Å². The van der Waals surface area contributed by atoms with E-state index in [9.17, 15) is 9.18 Å². The Balaban J connectivity index is 2.07. The monoisotopic (exact) mass is 357 g/mol. The van der Waals surface area contributed by atoms with Crippen molar-refractivity contribution in [2.24, 2.45) is 0 Å². The van der Waals surface area contributed by atoms with Crippen molar-refractivity contribution in [3.05, 3.63) is 69.3 Å². The molecule has 2 aromatic carbocycles. The normalized spacial score (nSPS) is 11.4. The molecule has 1 N–H and O–H groups in total. The lowest BCUT2D eigenvalue weighted by Crippen LogP contribution is -2.14. The topological polar surface area (TPSA) is 50.7 Å². The van der Waals surface area contributed by atoms with Gasteiger partial charge in [-0.25, -0.2) is 9.07 Å². The fraction of sp³-hybridized carbons (Fsp3) is 0. The van der Waals surface area contributed by atoms with E-state index >= 15 is 0 Å². The molecule has 0 saturated carbocycles. The van der Waals surface area contributed by atoms with Crippen LogP contribution in [-0.4, -0.2) is 14.8 Å². The number of nitrogens with one attached hydrogen (secondary N) is 1. The summed E-state index contributed by atoms with van der Waals surface area (Å²) in [5.41, 5.74) is 1.87. The van der Waals surface area contributed by atoms with Gasteiger partial charge >= 0.3 is 0 Å². The van der Waals surface area contributed by atoms with Crippen molar-refractivity contribution in [3.8, 4) is 5.69 Å². The first-order valence-electron chi connectivity index (χ1n) is 6.58. The molecule has 0 atom stereocenters. The average molecular weight is 358 g/mol. The highest BCUT2D eigenvalue weighted by molar-refractivity contribution is 9.10. The van der Waals surface area contributed by atoms with Crippen LogP contribution in [0.4, 0.5) is 4.39 Å². The van der Waals surface area contributed by atoms with Crippen molar-refractivity contribution >= 4 is 37.7 Å². The number of pyridine rings is 1. The molecule has 4 nitrogen and oxygen atoms in total. The molecule has 2 heterocycles. The van der Waals surface area contributed by atoms with Crippen molar-refractivity contribution in [2.45, 2.75) is 0 Å². The number of nitrogens with zero attached hydrogens (tertiary/aromatic N) is 2. The van der Waals surface area contributed by atoms with Gasteiger partial charge < -0.3 is 0 Å². The predicted octanol–water partition coefficient (Wildman–Crippen LogP) is 3.77. The average Bonchev–Trinajstić information content (AvgIpc) is 2.86.